The summed E-state index contributed by atoms with van der Waals surface area (Å²) < 4.78 is 0. The minimum absolute atomic E-state index is 0.0266. The van der Waals surface area contributed by atoms with Gasteiger partial charge in [0, 0.05) is 13.0 Å². The molecule has 1 atom stereocenters. The van der Waals surface area contributed by atoms with Crippen LogP contribution in [0.4, 0.5) is 0 Å². The van der Waals surface area contributed by atoms with E-state index in [4.69, 9.17) is 0 Å². The first kappa shape index (κ1) is 16.2. The van der Waals surface area contributed by atoms with E-state index in [2.05, 4.69) is 24.5 Å². The van der Waals surface area contributed by atoms with E-state index in [1.54, 1.807) is 0 Å². The van der Waals surface area contributed by atoms with Gasteiger partial charge in [-0.3, -0.25) is 9.59 Å². The molecule has 0 saturated heterocycles. The second kappa shape index (κ2) is 8.35. The second-order valence-electron chi connectivity index (χ2n) is 4.95. The molecule has 0 heterocycles. The first-order valence-electron chi connectivity index (χ1n) is 7.18. The maximum atomic E-state index is 12.1. The van der Waals surface area contributed by atoms with E-state index in [0.717, 1.165) is 18.4 Å². The molecule has 0 radical (unpaired) electrons. The lowest BCUT2D eigenvalue weighted by Crippen LogP contribution is -2.37. The van der Waals surface area contributed by atoms with Crippen LogP contribution >= 0.6 is 0 Å². The topological polar surface area (TPSA) is 58.2 Å². The van der Waals surface area contributed by atoms with Crippen molar-refractivity contribution in [3.63, 3.8) is 0 Å². The number of benzene rings is 1. The highest BCUT2D eigenvalue weighted by atomic mass is 16.2. The number of rotatable bonds is 7. The zero-order chi connectivity index (χ0) is 15.0. The Balaban J connectivity index is 2.70. The maximum Gasteiger partial charge on any atom is 0.222 e. The van der Waals surface area contributed by atoms with Crippen molar-refractivity contribution in [2.75, 3.05) is 0 Å². The molecule has 0 bridgehead atoms. The normalized spacial score (nSPS) is 12.0. The fraction of sp³-hybridized carbons (Fsp3) is 0.500. The van der Waals surface area contributed by atoms with Crippen LogP contribution in [0.3, 0.4) is 0 Å². The lowest BCUT2D eigenvalue weighted by atomic mass is 10.0. The summed E-state index contributed by atoms with van der Waals surface area (Å²) in [4.78, 5) is 23.4. The first-order chi connectivity index (χ1) is 9.56. The standard InChI is InChI=1S/C16H24N2O2/c1-4-14(5-2)18-16(20)11-15(17-12(3)19)13-9-7-6-8-10-13/h6-10,14-15H,4-5,11H2,1-3H3,(H,17,19)(H,18,20). The summed E-state index contributed by atoms with van der Waals surface area (Å²) in [6.45, 7) is 5.57. The Morgan fingerprint density at radius 3 is 2.15 bits per heavy atom. The van der Waals surface area contributed by atoms with Crippen LogP contribution in [0.1, 0.15) is 51.6 Å². The van der Waals surface area contributed by atoms with Gasteiger partial charge in [-0.05, 0) is 18.4 Å². The summed E-state index contributed by atoms with van der Waals surface area (Å²) in [5.74, 6) is -0.157. The Morgan fingerprint density at radius 2 is 1.65 bits per heavy atom. The predicted octanol–water partition coefficient (Wildman–Crippen LogP) is 2.56. The fourth-order valence-electron chi connectivity index (χ4n) is 2.15. The molecule has 0 aliphatic rings. The van der Waals surface area contributed by atoms with Gasteiger partial charge in [0.25, 0.3) is 0 Å². The number of nitrogens with one attached hydrogen (secondary N) is 2. The average Bonchev–Trinajstić information content (AvgIpc) is 2.44. The van der Waals surface area contributed by atoms with Crippen molar-refractivity contribution in [1.82, 2.24) is 10.6 Å². The lowest BCUT2D eigenvalue weighted by molar-refractivity contribution is -0.123. The molecule has 2 N–H and O–H groups in total. The number of carbonyl (C=O) groups excluding carboxylic acids is 2. The first-order valence-corrected chi connectivity index (χ1v) is 7.18. The molecular formula is C16H24N2O2. The zero-order valence-corrected chi connectivity index (χ0v) is 12.5. The van der Waals surface area contributed by atoms with Gasteiger partial charge in [0.15, 0.2) is 0 Å². The number of hydrogen-bond donors (Lipinski definition) is 2. The molecule has 4 nitrogen and oxygen atoms in total. The molecule has 0 saturated carbocycles. The Hall–Kier alpha value is -1.84. The minimum atomic E-state index is -0.275. The van der Waals surface area contributed by atoms with Gasteiger partial charge in [0.1, 0.15) is 0 Å². The lowest BCUT2D eigenvalue weighted by Gasteiger charge is -2.20. The molecule has 0 aliphatic carbocycles. The molecule has 20 heavy (non-hydrogen) atoms. The van der Waals surface area contributed by atoms with E-state index in [9.17, 15) is 9.59 Å². The van der Waals surface area contributed by atoms with E-state index in [0.29, 0.717) is 0 Å². The van der Waals surface area contributed by atoms with Crippen molar-refractivity contribution in [2.24, 2.45) is 0 Å². The van der Waals surface area contributed by atoms with E-state index >= 15 is 0 Å². The molecule has 4 heteroatoms. The van der Waals surface area contributed by atoms with Gasteiger partial charge in [-0.1, -0.05) is 44.2 Å². The quantitative estimate of drug-likeness (QED) is 0.804. The Morgan fingerprint density at radius 1 is 1.05 bits per heavy atom. The van der Waals surface area contributed by atoms with Crippen LogP contribution in [0.15, 0.2) is 30.3 Å². The highest BCUT2D eigenvalue weighted by Gasteiger charge is 2.18. The Kier molecular flexibility index (Phi) is 6.77. The summed E-state index contributed by atoms with van der Waals surface area (Å²) in [7, 11) is 0. The molecule has 1 rings (SSSR count). The van der Waals surface area contributed by atoms with Gasteiger partial charge < -0.3 is 10.6 Å². The Labute approximate surface area is 121 Å². The minimum Gasteiger partial charge on any atom is -0.353 e. The zero-order valence-electron chi connectivity index (χ0n) is 12.5. The molecular weight excluding hydrogens is 252 g/mol. The SMILES string of the molecule is CCC(CC)NC(=O)CC(NC(C)=O)c1ccccc1. The average molecular weight is 276 g/mol. The summed E-state index contributed by atoms with van der Waals surface area (Å²) in [6, 6.07) is 9.50. The molecule has 0 aromatic heterocycles. The van der Waals surface area contributed by atoms with Crippen LogP contribution in [0.25, 0.3) is 0 Å². The number of amides is 2. The van der Waals surface area contributed by atoms with Crippen molar-refractivity contribution in [3.05, 3.63) is 35.9 Å². The number of hydrogen-bond acceptors (Lipinski definition) is 2. The fourth-order valence-corrected chi connectivity index (χ4v) is 2.15. The van der Waals surface area contributed by atoms with Crippen LogP contribution in [-0.2, 0) is 9.59 Å². The summed E-state index contributed by atoms with van der Waals surface area (Å²) >= 11 is 0. The number of carbonyl (C=O) groups is 2. The van der Waals surface area contributed by atoms with Crippen LogP contribution in [0, 0.1) is 0 Å². The molecule has 1 aromatic rings. The van der Waals surface area contributed by atoms with Gasteiger partial charge in [-0.2, -0.15) is 0 Å². The van der Waals surface area contributed by atoms with Crippen LogP contribution in [-0.4, -0.2) is 17.9 Å². The van der Waals surface area contributed by atoms with Crippen molar-refractivity contribution < 1.29 is 9.59 Å². The summed E-state index contributed by atoms with van der Waals surface area (Å²) in [5, 5.41) is 5.84. The van der Waals surface area contributed by atoms with Crippen LogP contribution < -0.4 is 10.6 Å². The smallest absolute Gasteiger partial charge is 0.222 e. The van der Waals surface area contributed by atoms with Crippen molar-refractivity contribution in [1.29, 1.82) is 0 Å². The van der Waals surface area contributed by atoms with Crippen molar-refractivity contribution in [2.45, 2.75) is 52.1 Å². The molecule has 2 amide bonds. The third kappa shape index (κ3) is 5.43. The van der Waals surface area contributed by atoms with E-state index < -0.39 is 0 Å². The molecule has 0 aliphatic heterocycles. The van der Waals surface area contributed by atoms with Crippen molar-refractivity contribution in [3.8, 4) is 0 Å². The van der Waals surface area contributed by atoms with Gasteiger partial charge >= 0.3 is 0 Å². The molecule has 1 unspecified atom stereocenters. The monoisotopic (exact) mass is 276 g/mol. The van der Waals surface area contributed by atoms with Crippen molar-refractivity contribution >= 4 is 11.8 Å². The Bertz CT molecular complexity index is 427. The van der Waals surface area contributed by atoms with Gasteiger partial charge in [-0.15, -0.1) is 0 Å². The van der Waals surface area contributed by atoms with Gasteiger partial charge in [0.2, 0.25) is 11.8 Å². The predicted molar refractivity (Wildman–Crippen MR) is 80.1 cm³/mol. The third-order valence-corrected chi connectivity index (χ3v) is 3.32. The highest BCUT2D eigenvalue weighted by Crippen LogP contribution is 2.16. The second-order valence-corrected chi connectivity index (χ2v) is 4.95. The van der Waals surface area contributed by atoms with E-state index in [1.165, 1.54) is 6.92 Å². The molecule has 1 aromatic carbocycles. The molecule has 0 spiro atoms. The third-order valence-electron chi connectivity index (χ3n) is 3.32. The summed E-state index contributed by atoms with van der Waals surface area (Å²) in [5.41, 5.74) is 0.947. The highest BCUT2D eigenvalue weighted by molar-refractivity contribution is 5.79. The molecule has 110 valence electrons. The van der Waals surface area contributed by atoms with Crippen LogP contribution in [0.5, 0.6) is 0 Å². The molecule has 0 fully saturated rings. The summed E-state index contributed by atoms with van der Waals surface area (Å²) in [6.07, 6.45) is 2.09. The van der Waals surface area contributed by atoms with E-state index in [-0.39, 0.29) is 30.3 Å². The maximum absolute atomic E-state index is 12.1. The van der Waals surface area contributed by atoms with Crippen LogP contribution in [0.2, 0.25) is 0 Å². The van der Waals surface area contributed by atoms with Gasteiger partial charge in [-0.25, -0.2) is 0 Å². The largest absolute Gasteiger partial charge is 0.353 e. The van der Waals surface area contributed by atoms with E-state index in [1.807, 2.05) is 30.3 Å². The van der Waals surface area contributed by atoms with Gasteiger partial charge in [0.05, 0.1) is 12.5 Å².